The molecule has 1 saturated heterocycles. The van der Waals surface area contributed by atoms with Crippen LogP contribution >= 0.6 is 0 Å². The van der Waals surface area contributed by atoms with Crippen LogP contribution in [0.15, 0.2) is 0 Å². The van der Waals surface area contributed by atoms with E-state index >= 15 is 0 Å². The van der Waals surface area contributed by atoms with Crippen LogP contribution in [0, 0.1) is 0 Å². The van der Waals surface area contributed by atoms with Crippen LogP contribution in [0.2, 0.25) is 0 Å². The maximum Gasteiger partial charge on any atom is 0.0710 e. The molecule has 1 saturated carbocycles. The summed E-state index contributed by atoms with van der Waals surface area (Å²) in [6.45, 7) is 2.08. The molecule has 1 N–H and O–H groups in total. The first-order chi connectivity index (χ1) is 6.20. The molecule has 0 bridgehead atoms. The summed E-state index contributed by atoms with van der Waals surface area (Å²) in [7, 11) is 0. The molecule has 0 aromatic heterocycles. The Morgan fingerprint density at radius 2 is 1.92 bits per heavy atom. The maximum absolute atomic E-state index is 9.72. The summed E-state index contributed by atoms with van der Waals surface area (Å²) < 4.78 is 6.03. The Kier molecular flexibility index (Phi) is 2.61. The van der Waals surface area contributed by atoms with Gasteiger partial charge in [-0.25, -0.2) is 0 Å². The van der Waals surface area contributed by atoms with Gasteiger partial charge in [0.25, 0.3) is 0 Å². The molecule has 2 aliphatic rings. The van der Waals surface area contributed by atoms with Crippen molar-refractivity contribution in [2.24, 2.45) is 0 Å². The molecule has 2 atom stereocenters. The summed E-state index contributed by atoms with van der Waals surface area (Å²) in [6.07, 6.45) is 8.04. The number of rotatable bonds is 0. The number of aliphatic hydroxyl groups is 1. The average molecular weight is 184 g/mol. The summed E-state index contributed by atoms with van der Waals surface area (Å²) in [4.78, 5) is 0. The van der Waals surface area contributed by atoms with E-state index in [-0.39, 0.29) is 17.8 Å². The Morgan fingerprint density at radius 1 is 1.23 bits per heavy atom. The minimum atomic E-state index is -0.123. The van der Waals surface area contributed by atoms with Crippen molar-refractivity contribution in [3.05, 3.63) is 0 Å². The molecule has 2 heteroatoms. The first kappa shape index (κ1) is 9.47. The van der Waals surface area contributed by atoms with Crippen LogP contribution in [0.5, 0.6) is 0 Å². The molecule has 1 heterocycles. The lowest BCUT2D eigenvalue weighted by Gasteiger charge is -2.44. The molecule has 2 fully saturated rings. The highest BCUT2D eigenvalue weighted by Gasteiger charge is 2.40. The van der Waals surface area contributed by atoms with Crippen molar-refractivity contribution in [2.45, 2.75) is 69.7 Å². The highest BCUT2D eigenvalue weighted by molar-refractivity contribution is 4.91. The van der Waals surface area contributed by atoms with Gasteiger partial charge in [-0.15, -0.1) is 0 Å². The summed E-state index contributed by atoms with van der Waals surface area (Å²) in [5.41, 5.74) is 0.0509. The topological polar surface area (TPSA) is 29.5 Å². The molecule has 76 valence electrons. The van der Waals surface area contributed by atoms with E-state index in [9.17, 15) is 5.11 Å². The second-order valence-corrected chi connectivity index (χ2v) is 4.77. The van der Waals surface area contributed by atoms with Crippen LogP contribution in [0.1, 0.15) is 51.9 Å². The maximum atomic E-state index is 9.72. The first-order valence-electron chi connectivity index (χ1n) is 5.56. The third-order valence-corrected chi connectivity index (χ3v) is 3.43. The van der Waals surface area contributed by atoms with Gasteiger partial charge in [0, 0.05) is 6.42 Å². The molecule has 2 rings (SSSR count). The molecule has 0 aromatic rings. The van der Waals surface area contributed by atoms with Gasteiger partial charge in [0.15, 0.2) is 0 Å². The molecule has 1 aliphatic heterocycles. The van der Waals surface area contributed by atoms with E-state index in [0.717, 1.165) is 25.7 Å². The lowest BCUT2D eigenvalue weighted by Crippen LogP contribution is -2.46. The molecule has 13 heavy (non-hydrogen) atoms. The van der Waals surface area contributed by atoms with Crippen molar-refractivity contribution in [3.8, 4) is 0 Å². The average Bonchev–Trinajstić information content (AvgIpc) is 2.02. The van der Waals surface area contributed by atoms with E-state index in [1.165, 1.54) is 19.3 Å². The SMILES string of the molecule is CC1CC(O)CC2(CCCCC2)O1. The van der Waals surface area contributed by atoms with Crippen molar-refractivity contribution in [1.82, 2.24) is 0 Å². The van der Waals surface area contributed by atoms with E-state index in [0.29, 0.717) is 0 Å². The smallest absolute Gasteiger partial charge is 0.0710 e. The van der Waals surface area contributed by atoms with Gasteiger partial charge < -0.3 is 9.84 Å². The molecule has 0 amide bonds. The quantitative estimate of drug-likeness (QED) is 0.625. The van der Waals surface area contributed by atoms with E-state index in [4.69, 9.17) is 4.74 Å². The first-order valence-corrected chi connectivity index (χ1v) is 5.56. The molecule has 0 radical (unpaired) electrons. The Labute approximate surface area is 80.3 Å². The van der Waals surface area contributed by atoms with Gasteiger partial charge >= 0.3 is 0 Å². The van der Waals surface area contributed by atoms with Crippen LogP contribution in [0.4, 0.5) is 0 Å². The Bertz CT molecular complexity index is 161. The lowest BCUT2D eigenvalue weighted by molar-refractivity contribution is -0.169. The van der Waals surface area contributed by atoms with Crippen molar-refractivity contribution in [1.29, 1.82) is 0 Å². The fraction of sp³-hybridized carbons (Fsp3) is 1.00. The molecular weight excluding hydrogens is 164 g/mol. The van der Waals surface area contributed by atoms with Crippen molar-refractivity contribution in [2.75, 3.05) is 0 Å². The fourth-order valence-corrected chi connectivity index (χ4v) is 2.94. The number of aliphatic hydroxyl groups excluding tert-OH is 1. The predicted octanol–water partition coefficient (Wildman–Crippen LogP) is 2.25. The summed E-state index contributed by atoms with van der Waals surface area (Å²) in [6, 6.07) is 0. The number of ether oxygens (including phenoxy) is 1. The van der Waals surface area contributed by atoms with Gasteiger partial charge in [-0.05, 0) is 26.2 Å². The van der Waals surface area contributed by atoms with Gasteiger partial charge in [-0.1, -0.05) is 19.3 Å². The van der Waals surface area contributed by atoms with Crippen molar-refractivity contribution < 1.29 is 9.84 Å². The summed E-state index contributed by atoms with van der Waals surface area (Å²) in [5, 5.41) is 9.72. The van der Waals surface area contributed by atoms with Crippen LogP contribution in [0.3, 0.4) is 0 Å². The Hall–Kier alpha value is -0.0800. The van der Waals surface area contributed by atoms with Crippen LogP contribution in [-0.4, -0.2) is 22.9 Å². The van der Waals surface area contributed by atoms with Crippen LogP contribution < -0.4 is 0 Å². The largest absolute Gasteiger partial charge is 0.393 e. The number of hydrogen-bond donors (Lipinski definition) is 1. The third kappa shape index (κ3) is 2.05. The highest BCUT2D eigenvalue weighted by atomic mass is 16.5. The van der Waals surface area contributed by atoms with Gasteiger partial charge in [-0.3, -0.25) is 0 Å². The Balaban J connectivity index is 2.02. The standard InChI is InChI=1S/C11H20O2/c1-9-7-10(12)8-11(13-9)5-3-2-4-6-11/h9-10,12H,2-8H2,1H3. The third-order valence-electron chi connectivity index (χ3n) is 3.43. The molecule has 2 unspecified atom stereocenters. The molecule has 1 spiro atoms. The summed E-state index contributed by atoms with van der Waals surface area (Å²) in [5.74, 6) is 0. The minimum Gasteiger partial charge on any atom is -0.393 e. The van der Waals surface area contributed by atoms with Crippen molar-refractivity contribution in [3.63, 3.8) is 0 Å². The summed E-state index contributed by atoms with van der Waals surface area (Å²) >= 11 is 0. The van der Waals surface area contributed by atoms with Crippen LogP contribution in [0.25, 0.3) is 0 Å². The number of hydrogen-bond acceptors (Lipinski definition) is 2. The van der Waals surface area contributed by atoms with Gasteiger partial charge in [-0.2, -0.15) is 0 Å². The zero-order chi connectivity index (χ0) is 9.31. The second kappa shape index (κ2) is 3.58. The van der Waals surface area contributed by atoms with Gasteiger partial charge in [0.05, 0.1) is 17.8 Å². The normalized spacial score (nSPS) is 39.2. The van der Waals surface area contributed by atoms with E-state index < -0.39 is 0 Å². The lowest BCUT2D eigenvalue weighted by atomic mass is 9.78. The monoisotopic (exact) mass is 184 g/mol. The van der Waals surface area contributed by atoms with Crippen molar-refractivity contribution >= 4 is 0 Å². The molecule has 1 aliphatic carbocycles. The predicted molar refractivity (Wildman–Crippen MR) is 51.6 cm³/mol. The second-order valence-electron chi connectivity index (χ2n) is 4.77. The van der Waals surface area contributed by atoms with E-state index in [1.807, 2.05) is 0 Å². The zero-order valence-corrected chi connectivity index (χ0v) is 8.46. The fourth-order valence-electron chi connectivity index (χ4n) is 2.94. The zero-order valence-electron chi connectivity index (χ0n) is 8.46. The van der Waals surface area contributed by atoms with Gasteiger partial charge in [0.2, 0.25) is 0 Å². The van der Waals surface area contributed by atoms with Crippen LogP contribution in [-0.2, 0) is 4.74 Å². The molecular formula is C11H20O2. The van der Waals surface area contributed by atoms with E-state index in [1.54, 1.807) is 0 Å². The highest BCUT2D eigenvalue weighted by Crippen LogP contribution is 2.40. The minimum absolute atomic E-state index is 0.0509. The van der Waals surface area contributed by atoms with E-state index in [2.05, 4.69) is 6.92 Å². The molecule has 0 aromatic carbocycles. The van der Waals surface area contributed by atoms with Gasteiger partial charge in [0.1, 0.15) is 0 Å². The molecule has 2 nitrogen and oxygen atoms in total. The Morgan fingerprint density at radius 3 is 2.54 bits per heavy atom.